The fourth-order valence-corrected chi connectivity index (χ4v) is 5.45. The number of pyridine rings is 1. The highest BCUT2D eigenvalue weighted by Gasteiger charge is 2.39. The second-order valence-electron chi connectivity index (χ2n) is 8.43. The molecule has 0 fully saturated rings. The first kappa shape index (κ1) is 17.2. The number of fused-ring (bicyclic) bond motifs is 7. The zero-order valence-corrected chi connectivity index (χ0v) is 16.8. The fourth-order valence-electron chi connectivity index (χ4n) is 5.45. The van der Waals surface area contributed by atoms with Crippen molar-refractivity contribution in [2.24, 2.45) is 0 Å². The minimum Gasteiger partial charge on any atom is -0.313 e. The van der Waals surface area contributed by atoms with Crippen LogP contribution in [0.15, 0.2) is 62.0 Å². The summed E-state index contributed by atoms with van der Waals surface area (Å²) in [5.74, 6) is 0. The molecule has 2 aliphatic carbocycles. The summed E-state index contributed by atoms with van der Waals surface area (Å²) in [4.78, 5) is 4.42. The van der Waals surface area contributed by atoms with Gasteiger partial charge in [0.25, 0.3) is 0 Å². The van der Waals surface area contributed by atoms with Gasteiger partial charge in [-0.2, -0.15) is 0 Å². The molecule has 0 bridgehead atoms. The maximum atomic E-state index is 4.42. The van der Waals surface area contributed by atoms with Crippen molar-refractivity contribution < 1.29 is 0 Å². The van der Waals surface area contributed by atoms with Crippen LogP contribution in [0, 0.1) is 0 Å². The summed E-state index contributed by atoms with van der Waals surface area (Å²) in [5.41, 5.74) is 10.8. The molecule has 0 amide bonds. The average molecular weight is 367 g/mol. The van der Waals surface area contributed by atoms with Crippen LogP contribution in [0.3, 0.4) is 0 Å². The van der Waals surface area contributed by atoms with E-state index < -0.39 is 0 Å². The Balaban J connectivity index is 1.94. The lowest BCUT2D eigenvalue weighted by Gasteiger charge is -2.23. The molecule has 2 nitrogen and oxygen atoms in total. The normalized spacial score (nSPS) is 17.1. The van der Waals surface area contributed by atoms with Crippen molar-refractivity contribution in [3.63, 3.8) is 0 Å². The van der Waals surface area contributed by atoms with Crippen LogP contribution in [0.4, 0.5) is 0 Å². The summed E-state index contributed by atoms with van der Waals surface area (Å²) in [6.07, 6.45) is 14.6. The van der Waals surface area contributed by atoms with E-state index in [1.807, 2.05) is 24.5 Å². The monoisotopic (exact) mass is 366 g/mol. The molecule has 0 unspecified atom stereocenters. The van der Waals surface area contributed by atoms with Crippen molar-refractivity contribution in [1.29, 1.82) is 0 Å². The molecule has 0 radical (unpaired) electrons. The van der Waals surface area contributed by atoms with Crippen molar-refractivity contribution in [3.8, 4) is 11.1 Å². The zero-order valence-electron chi connectivity index (χ0n) is 16.8. The van der Waals surface area contributed by atoms with Crippen LogP contribution < -0.4 is 0 Å². The molecule has 0 N–H and O–H groups in total. The van der Waals surface area contributed by atoms with Gasteiger partial charge in [0.15, 0.2) is 0 Å². The van der Waals surface area contributed by atoms with E-state index in [1.54, 1.807) is 0 Å². The lowest BCUT2D eigenvalue weighted by molar-refractivity contribution is 0.657. The number of allylic oxidation sites excluding steroid dienone is 4. The Morgan fingerprint density at radius 1 is 1.11 bits per heavy atom. The van der Waals surface area contributed by atoms with E-state index in [0.717, 1.165) is 18.5 Å². The quantitative estimate of drug-likeness (QED) is 0.488. The van der Waals surface area contributed by atoms with Crippen LogP contribution in [0.25, 0.3) is 27.7 Å². The molecule has 0 spiro atoms. The van der Waals surface area contributed by atoms with Crippen LogP contribution >= 0.6 is 0 Å². The first-order chi connectivity index (χ1) is 13.6. The summed E-state index contributed by atoms with van der Waals surface area (Å²) < 4.78 is 2.43. The summed E-state index contributed by atoms with van der Waals surface area (Å²) in [6, 6.07) is 6.78. The third-order valence-electron chi connectivity index (χ3n) is 6.60. The fraction of sp³-hybridized carbons (Fsp3) is 0.269. The van der Waals surface area contributed by atoms with Crippen molar-refractivity contribution in [2.45, 2.75) is 44.9 Å². The van der Waals surface area contributed by atoms with Gasteiger partial charge in [0, 0.05) is 40.1 Å². The maximum Gasteiger partial charge on any atom is 0.0537 e. The van der Waals surface area contributed by atoms with Crippen molar-refractivity contribution >= 4 is 16.6 Å². The van der Waals surface area contributed by atoms with Crippen LogP contribution in [0.2, 0.25) is 0 Å². The zero-order chi connectivity index (χ0) is 19.5. The third kappa shape index (κ3) is 2.12. The molecule has 3 aromatic rings. The predicted octanol–water partition coefficient (Wildman–Crippen LogP) is 6.43. The average Bonchev–Trinajstić information content (AvgIpc) is 3.16. The van der Waals surface area contributed by atoms with Gasteiger partial charge in [0.1, 0.15) is 0 Å². The molecule has 0 aliphatic heterocycles. The molecular weight excluding hydrogens is 340 g/mol. The molecular formula is C26H26N2. The van der Waals surface area contributed by atoms with E-state index in [-0.39, 0.29) is 5.41 Å². The minimum atomic E-state index is -0.0268. The molecule has 0 saturated carbocycles. The summed E-state index contributed by atoms with van der Waals surface area (Å²) in [7, 11) is 0. The Labute approximate surface area is 166 Å². The molecule has 2 heteroatoms. The highest BCUT2D eigenvalue weighted by Crippen LogP contribution is 2.53. The number of aromatic nitrogens is 2. The van der Waals surface area contributed by atoms with Crippen LogP contribution in [0.5, 0.6) is 0 Å². The molecule has 0 atom stereocenters. The van der Waals surface area contributed by atoms with E-state index in [9.17, 15) is 0 Å². The molecule has 1 aromatic carbocycles. The van der Waals surface area contributed by atoms with E-state index in [0.29, 0.717) is 0 Å². The second-order valence-corrected chi connectivity index (χ2v) is 8.43. The van der Waals surface area contributed by atoms with Gasteiger partial charge in [0.2, 0.25) is 0 Å². The van der Waals surface area contributed by atoms with Gasteiger partial charge < -0.3 is 4.57 Å². The van der Waals surface area contributed by atoms with Crippen molar-refractivity contribution in [1.82, 2.24) is 9.55 Å². The number of rotatable bonds is 3. The van der Waals surface area contributed by atoms with E-state index >= 15 is 0 Å². The second kappa shape index (κ2) is 6.07. The van der Waals surface area contributed by atoms with Gasteiger partial charge in [0.05, 0.1) is 5.52 Å². The number of benzene rings is 1. The maximum absolute atomic E-state index is 4.42. The third-order valence-corrected chi connectivity index (χ3v) is 6.60. The predicted molar refractivity (Wildman–Crippen MR) is 119 cm³/mol. The highest BCUT2D eigenvalue weighted by atomic mass is 15.0. The highest BCUT2D eigenvalue weighted by molar-refractivity contribution is 6.00. The molecule has 2 aliphatic rings. The Bertz CT molecular complexity index is 1170. The summed E-state index contributed by atoms with van der Waals surface area (Å²) in [5, 5.41) is 1.45. The number of hydrogen-bond acceptors (Lipinski definition) is 1. The van der Waals surface area contributed by atoms with Crippen molar-refractivity contribution in [3.05, 3.63) is 84.4 Å². The first-order valence-electron chi connectivity index (χ1n) is 10.2. The Kier molecular flexibility index (Phi) is 3.74. The van der Waals surface area contributed by atoms with Gasteiger partial charge in [-0.05, 0) is 72.2 Å². The van der Waals surface area contributed by atoms with Crippen LogP contribution in [-0.2, 0) is 18.3 Å². The number of nitrogens with zero attached hydrogens (tertiary/aromatic N) is 2. The molecule has 28 heavy (non-hydrogen) atoms. The van der Waals surface area contributed by atoms with Gasteiger partial charge in [-0.1, -0.05) is 39.1 Å². The summed E-state index contributed by atoms with van der Waals surface area (Å²) in [6.45, 7) is 12.7. The molecule has 5 rings (SSSR count). The Morgan fingerprint density at radius 3 is 2.71 bits per heavy atom. The lowest BCUT2D eigenvalue weighted by Crippen LogP contribution is -2.16. The number of hydrogen-bond donors (Lipinski definition) is 0. The lowest BCUT2D eigenvalue weighted by atomic mass is 9.79. The SMILES string of the molecule is C=C/C=C(\C=C)n1c2c(c3c4c(ccc31)-c1cnccc1C4(C)C)CCCC2. The smallest absolute Gasteiger partial charge is 0.0537 e. The van der Waals surface area contributed by atoms with E-state index in [4.69, 9.17) is 0 Å². The van der Waals surface area contributed by atoms with Gasteiger partial charge in [-0.25, -0.2) is 0 Å². The minimum absolute atomic E-state index is 0.0268. The molecule has 2 heterocycles. The van der Waals surface area contributed by atoms with Crippen LogP contribution in [-0.4, -0.2) is 9.55 Å². The standard InChI is InChI=1S/C26H26N2/c1-5-9-17(6-2)28-22-11-8-7-10-19(22)24-23(28)13-12-18-20-16-27-15-14-21(20)26(3,4)25(18)24/h5-6,9,12-16H,1-2,7-8,10-11H2,3-4H3/b17-9+. The van der Waals surface area contributed by atoms with E-state index in [1.165, 1.54) is 57.3 Å². The molecule has 140 valence electrons. The molecule has 0 saturated heterocycles. The molecule has 2 aromatic heterocycles. The van der Waals surface area contributed by atoms with Gasteiger partial charge in [-0.15, -0.1) is 0 Å². The Morgan fingerprint density at radius 2 is 1.93 bits per heavy atom. The largest absolute Gasteiger partial charge is 0.313 e. The van der Waals surface area contributed by atoms with Crippen LogP contribution in [0.1, 0.15) is 49.1 Å². The van der Waals surface area contributed by atoms with Gasteiger partial charge in [-0.3, -0.25) is 4.98 Å². The Hall–Kier alpha value is -2.87. The van der Waals surface area contributed by atoms with E-state index in [2.05, 4.69) is 60.8 Å². The topological polar surface area (TPSA) is 17.8 Å². The van der Waals surface area contributed by atoms with Crippen molar-refractivity contribution in [2.75, 3.05) is 0 Å². The first-order valence-corrected chi connectivity index (χ1v) is 10.2. The number of aryl methyl sites for hydroxylation is 1. The van der Waals surface area contributed by atoms with Gasteiger partial charge >= 0.3 is 0 Å². The summed E-state index contributed by atoms with van der Waals surface area (Å²) >= 11 is 0.